The third kappa shape index (κ3) is 7.86. The first-order valence-corrected chi connectivity index (χ1v) is 5.21. The van der Waals surface area contributed by atoms with Gasteiger partial charge in [0.2, 0.25) is 6.29 Å². The van der Waals surface area contributed by atoms with Gasteiger partial charge in [-0.15, -0.1) is 0 Å². The van der Waals surface area contributed by atoms with Crippen molar-refractivity contribution >= 4 is 6.16 Å². The lowest BCUT2D eigenvalue weighted by atomic mass is 10.1. The van der Waals surface area contributed by atoms with Crippen molar-refractivity contribution in [2.45, 2.75) is 52.2 Å². The molecule has 4 heteroatoms. The van der Waals surface area contributed by atoms with Gasteiger partial charge in [-0.2, -0.15) is 0 Å². The third-order valence-corrected chi connectivity index (χ3v) is 1.88. The van der Waals surface area contributed by atoms with E-state index in [0.29, 0.717) is 13.0 Å². The molecule has 0 fully saturated rings. The van der Waals surface area contributed by atoms with E-state index in [4.69, 9.17) is 9.84 Å². The van der Waals surface area contributed by atoms with Gasteiger partial charge >= 0.3 is 6.16 Å². The fraction of sp³-hybridized carbons (Fsp3) is 0.900. The fourth-order valence-corrected chi connectivity index (χ4v) is 1.21. The molecule has 84 valence electrons. The SMILES string of the molecule is CCCCCCC(OCC)OC(=O)O. The minimum Gasteiger partial charge on any atom is -0.450 e. The van der Waals surface area contributed by atoms with Gasteiger partial charge in [-0.25, -0.2) is 4.79 Å². The molecular weight excluding hydrogens is 184 g/mol. The highest BCUT2D eigenvalue weighted by Gasteiger charge is 2.12. The summed E-state index contributed by atoms with van der Waals surface area (Å²) in [7, 11) is 0. The summed E-state index contributed by atoms with van der Waals surface area (Å²) in [6.07, 6.45) is 3.19. The number of carboxylic acid groups (broad SMARTS) is 1. The van der Waals surface area contributed by atoms with Crippen molar-refractivity contribution in [3.8, 4) is 0 Å². The monoisotopic (exact) mass is 204 g/mol. The van der Waals surface area contributed by atoms with Crippen molar-refractivity contribution in [1.82, 2.24) is 0 Å². The third-order valence-electron chi connectivity index (χ3n) is 1.88. The molecule has 0 bridgehead atoms. The minimum atomic E-state index is -1.26. The van der Waals surface area contributed by atoms with Crippen LogP contribution in [0.2, 0.25) is 0 Å². The zero-order valence-electron chi connectivity index (χ0n) is 8.99. The molecule has 1 N–H and O–H groups in total. The van der Waals surface area contributed by atoms with E-state index in [9.17, 15) is 4.79 Å². The maximum absolute atomic E-state index is 10.3. The number of hydrogen-bond donors (Lipinski definition) is 1. The van der Waals surface area contributed by atoms with Gasteiger partial charge < -0.3 is 14.6 Å². The van der Waals surface area contributed by atoms with E-state index in [1.54, 1.807) is 0 Å². The van der Waals surface area contributed by atoms with Crippen LogP contribution in [-0.2, 0) is 9.47 Å². The van der Waals surface area contributed by atoms with Crippen LogP contribution in [-0.4, -0.2) is 24.2 Å². The normalized spacial score (nSPS) is 12.4. The molecule has 0 aliphatic carbocycles. The number of carbonyl (C=O) groups is 1. The number of rotatable bonds is 8. The van der Waals surface area contributed by atoms with Crippen LogP contribution >= 0.6 is 0 Å². The van der Waals surface area contributed by atoms with E-state index in [0.717, 1.165) is 12.8 Å². The Morgan fingerprint density at radius 1 is 1.29 bits per heavy atom. The molecule has 0 aromatic carbocycles. The lowest BCUT2D eigenvalue weighted by Gasteiger charge is -2.15. The first-order valence-electron chi connectivity index (χ1n) is 5.21. The van der Waals surface area contributed by atoms with Crippen molar-refractivity contribution in [2.24, 2.45) is 0 Å². The molecule has 0 radical (unpaired) electrons. The largest absolute Gasteiger partial charge is 0.508 e. The predicted octanol–water partition coefficient (Wildman–Crippen LogP) is 3.01. The summed E-state index contributed by atoms with van der Waals surface area (Å²) in [6, 6.07) is 0. The highest BCUT2D eigenvalue weighted by molar-refractivity contribution is 5.56. The second kappa shape index (κ2) is 8.81. The van der Waals surface area contributed by atoms with Gasteiger partial charge in [0.15, 0.2) is 0 Å². The Labute approximate surface area is 85.2 Å². The molecule has 0 saturated heterocycles. The zero-order chi connectivity index (χ0) is 10.8. The van der Waals surface area contributed by atoms with Gasteiger partial charge in [0.25, 0.3) is 0 Å². The molecule has 0 aliphatic rings. The summed E-state index contributed by atoms with van der Waals surface area (Å²) in [6.45, 7) is 4.43. The standard InChI is InChI=1S/C10H20O4/c1-3-5-6-7-8-9(13-4-2)14-10(11)12/h9H,3-8H2,1-2H3,(H,11,12). The van der Waals surface area contributed by atoms with Crippen LogP contribution in [0.4, 0.5) is 4.79 Å². The Morgan fingerprint density at radius 2 is 2.00 bits per heavy atom. The Balaban J connectivity index is 3.56. The van der Waals surface area contributed by atoms with Crippen LogP contribution in [0, 0.1) is 0 Å². The van der Waals surface area contributed by atoms with Crippen LogP contribution in [0.3, 0.4) is 0 Å². The fourth-order valence-electron chi connectivity index (χ4n) is 1.21. The van der Waals surface area contributed by atoms with Crippen LogP contribution in [0.5, 0.6) is 0 Å². The second-order valence-electron chi connectivity index (χ2n) is 3.12. The summed E-state index contributed by atoms with van der Waals surface area (Å²) in [5.41, 5.74) is 0. The smallest absolute Gasteiger partial charge is 0.450 e. The van der Waals surface area contributed by atoms with Gasteiger partial charge in [-0.05, 0) is 13.3 Å². The molecule has 0 saturated carbocycles. The van der Waals surface area contributed by atoms with E-state index < -0.39 is 12.4 Å². The van der Waals surface area contributed by atoms with Crippen LogP contribution in [0.1, 0.15) is 46.0 Å². The Kier molecular flexibility index (Phi) is 8.33. The second-order valence-corrected chi connectivity index (χ2v) is 3.12. The molecule has 1 atom stereocenters. The van der Waals surface area contributed by atoms with E-state index in [2.05, 4.69) is 11.7 Å². The average molecular weight is 204 g/mol. The maximum atomic E-state index is 10.3. The van der Waals surface area contributed by atoms with Crippen molar-refractivity contribution in [2.75, 3.05) is 6.61 Å². The van der Waals surface area contributed by atoms with Crippen LogP contribution in [0.25, 0.3) is 0 Å². The summed E-state index contributed by atoms with van der Waals surface area (Å²) in [5.74, 6) is 0. The lowest BCUT2D eigenvalue weighted by molar-refractivity contribution is -0.117. The van der Waals surface area contributed by atoms with E-state index in [1.807, 2.05) is 6.92 Å². The molecule has 0 aliphatic heterocycles. The van der Waals surface area contributed by atoms with E-state index >= 15 is 0 Å². The summed E-state index contributed by atoms with van der Waals surface area (Å²) >= 11 is 0. The number of hydrogen-bond acceptors (Lipinski definition) is 3. The highest BCUT2D eigenvalue weighted by atomic mass is 16.8. The first-order chi connectivity index (χ1) is 6.70. The first kappa shape index (κ1) is 13.2. The highest BCUT2D eigenvalue weighted by Crippen LogP contribution is 2.09. The van der Waals surface area contributed by atoms with Gasteiger partial charge in [0, 0.05) is 13.0 Å². The molecule has 0 aromatic heterocycles. The van der Waals surface area contributed by atoms with Gasteiger partial charge in [-0.1, -0.05) is 26.2 Å². The Morgan fingerprint density at radius 3 is 2.50 bits per heavy atom. The molecule has 0 spiro atoms. The van der Waals surface area contributed by atoms with Crippen molar-refractivity contribution in [1.29, 1.82) is 0 Å². The predicted molar refractivity (Wildman–Crippen MR) is 53.3 cm³/mol. The molecule has 0 rings (SSSR count). The molecule has 0 aromatic rings. The Bertz CT molecular complexity index is 147. The number of ether oxygens (including phenoxy) is 2. The lowest BCUT2D eigenvalue weighted by Crippen LogP contribution is -2.20. The maximum Gasteiger partial charge on any atom is 0.508 e. The van der Waals surface area contributed by atoms with Gasteiger partial charge in [0.05, 0.1) is 0 Å². The van der Waals surface area contributed by atoms with E-state index in [-0.39, 0.29) is 0 Å². The quantitative estimate of drug-likeness (QED) is 0.375. The molecule has 1 unspecified atom stereocenters. The molecule has 0 heterocycles. The van der Waals surface area contributed by atoms with Crippen LogP contribution in [0.15, 0.2) is 0 Å². The average Bonchev–Trinajstić information content (AvgIpc) is 2.12. The summed E-state index contributed by atoms with van der Waals surface area (Å²) in [4.78, 5) is 10.3. The topological polar surface area (TPSA) is 55.8 Å². The van der Waals surface area contributed by atoms with Crippen molar-refractivity contribution in [3.63, 3.8) is 0 Å². The molecule has 4 nitrogen and oxygen atoms in total. The molecular formula is C10H20O4. The zero-order valence-corrected chi connectivity index (χ0v) is 8.99. The van der Waals surface area contributed by atoms with Gasteiger partial charge in [0.1, 0.15) is 0 Å². The summed E-state index contributed by atoms with van der Waals surface area (Å²) < 4.78 is 9.70. The van der Waals surface area contributed by atoms with Gasteiger partial charge in [-0.3, -0.25) is 0 Å². The summed E-state index contributed by atoms with van der Waals surface area (Å²) in [5, 5.41) is 8.41. The van der Waals surface area contributed by atoms with E-state index in [1.165, 1.54) is 12.8 Å². The molecule has 0 amide bonds. The van der Waals surface area contributed by atoms with Crippen molar-refractivity contribution in [3.05, 3.63) is 0 Å². The Hall–Kier alpha value is -0.770. The minimum absolute atomic E-state index is 0.478. The van der Waals surface area contributed by atoms with Crippen molar-refractivity contribution < 1.29 is 19.4 Å². The number of unbranched alkanes of at least 4 members (excludes halogenated alkanes) is 3. The van der Waals surface area contributed by atoms with Crippen LogP contribution < -0.4 is 0 Å². The molecule has 14 heavy (non-hydrogen) atoms.